The lowest BCUT2D eigenvalue weighted by molar-refractivity contribution is -0.118. The number of ketones is 1. The van der Waals surface area contributed by atoms with Crippen LogP contribution in [0.3, 0.4) is 0 Å². The highest BCUT2D eigenvalue weighted by atomic mass is 16.4. The van der Waals surface area contributed by atoms with E-state index in [9.17, 15) is 19.5 Å². The molecule has 0 aliphatic rings. The summed E-state index contributed by atoms with van der Waals surface area (Å²) in [6.45, 7) is 8.30. The zero-order valence-electron chi connectivity index (χ0n) is 14.8. The number of carbonyl (C=O) groups excluding carboxylic acids is 2. The second kappa shape index (κ2) is 7.95. The molecule has 24 heavy (non-hydrogen) atoms. The summed E-state index contributed by atoms with van der Waals surface area (Å²) in [6, 6.07) is 1.34. The van der Waals surface area contributed by atoms with E-state index in [1.807, 2.05) is 6.92 Å². The van der Waals surface area contributed by atoms with Gasteiger partial charge in [-0.25, -0.2) is 4.79 Å². The molecule has 2 N–H and O–H groups in total. The maximum Gasteiger partial charge on any atom is 0.350 e. The van der Waals surface area contributed by atoms with Crippen LogP contribution in [0.5, 0.6) is 5.75 Å². The normalized spacial score (nSPS) is 13.0. The number of rotatable bonds is 6. The molecule has 1 heterocycles. The average molecular weight is 335 g/mol. The third-order valence-electron chi connectivity index (χ3n) is 3.51. The number of carbonyl (C=O) groups is 2. The number of hydrogen-bond donors (Lipinski definition) is 2. The van der Waals surface area contributed by atoms with Gasteiger partial charge in [0.15, 0.2) is 5.78 Å². The maximum absolute atomic E-state index is 12.2. The highest BCUT2D eigenvalue weighted by Gasteiger charge is 2.29. The molecular formula is C18H25NO5. The topological polar surface area (TPSA) is 96.6 Å². The first kappa shape index (κ1) is 19.7. The third kappa shape index (κ3) is 5.37. The number of nitrogens with one attached hydrogen (secondary N) is 1. The molecule has 6 heteroatoms. The summed E-state index contributed by atoms with van der Waals surface area (Å²) in [4.78, 5) is 35.0. The van der Waals surface area contributed by atoms with Gasteiger partial charge in [0.05, 0.1) is 0 Å². The number of hydrogen-bond acceptors (Lipinski definition) is 5. The van der Waals surface area contributed by atoms with E-state index >= 15 is 0 Å². The van der Waals surface area contributed by atoms with Crippen molar-refractivity contribution in [2.24, 2.45) is 5.41 Å². The van der Waals surface area contributed by atoms with Crippen LogP contribution < -0.4 is 10.9 Å². The number of amides is 1. The van der Waals surface area contributed by atoms with Crippen LogP contribution >= 0.6 is 0 Å². The first-order chi connectivity index (χ1) is 11.0. The molecule has 132 valence electrons. The lowest BCUT2D eigenvalue weighted by Gasteiger charge is -2.17. The van der Waals surface area contributed by atoms with Gasteiger partial charge in [-0.1, -0.05) is 33.8 Å². The van der Waals surface area contributed by atoms with Gasteiger partial charge in [-0.2, -0.15) is 0 Å². The van der Waals surface area contributed by atoms with Crippen molar-refractivity contribution in [1.82, 2.24) is 5.32 Å². The van der Waals surface area contributed by atoms with E-state index in [0.717, 1.165) is 0 Å². The molecule has 0 saturated carbocycles. The average Bonchev–Trinajstić information content (AvgIpc) is 2.44. The van der Waals surface area contributed by atoms with E-state index in [2.05, 4.69) is 5.32 Å². The number of Topliss-reactive ketones (excluding diaryl/α,β-unsaturated/α-hetero) is 1. The Hall–Kier alpha value is -2.37. The van der Waals surface area contributed by atoms with Gasteiger partial charge in [0.1, 0.15) is 17.1 Å². The predicted molar refractivity (Wildman–Crippen MR) is 91.0 cm³/mol. The van der Waals surface area contributed by atoms with E-state index in [-0.39, 0.29) is 23.1 Å². The fourth-order valence-electron chi connectivity index (χ4n) is 2.07. The largest absolute Gasteiger partial charge is 0.507 e. The van der Waals surface area contributed by atoms with Crippen LogP contribution in [0.1, 0.15) is 69.5 Å². The van der Waals surface area contributed by atoms with Crippen molar-refractivity contribution in [2.45, 2.75) is 53.4 Å². The number of allylic oxidation sites excluding steroid dienone is 1. The van der Waals surface area contributed by atoms with E-state index in [0.29, 0.717) is 18.6 Å². The molecule has 0 radical (unpaired) electrons. The van der Waals surface area contributed by atoms with Gasteiger partial charge >= 0.3 is 5.63 Å². The van der Waals surface area contributed by atoms with Crippen LogP contribution in [0.2, 0.25) is 0 Å². The second-order valence-electron chi connectivity index (χ2n) is 6.86. The Morgan fingerprint density at radius 2 is 2.00 bits per heavy atom. The molecule has 6 nitrogen and oxygen atoms in total. The van der Waals surface area contributed by atoms with Crippen LogP contribution in [-0.2, 0) is 4.79 Å². The standard InChI is InChI=1S/C18H25NO5/c1-11(8-6-7-9-19-12(2)20)14-10-13(21)15(17(23)24-14)16(22)18(3,4)5/h7,9-11,21H,6,8H2,1-5H3,(H,19,20)/b9-7+. The monoisotopic (exact) mass is 335 g/mol. The smallest absolute Gasteiger partial charge is 0.350 e. The summed E-state index contributed by atoms with van der Waals surface area (Å²) >= 11 is 0. The van der Waals surface area contributed by atoms with E-state index < -0.39 is 16.8 Å². The molecule has 0 fully saturated rings. The molecule has 1 unspecified atom stereocenters. The van der Waals surface area contributed by atoms with Crippen LogP contribution in [0.25, 0.3) is 0 Å². The highest BCUT2D eigenvalue weighted by molar-refractivity contribution is 6.01. The molecule has 0 aliphatic heterocycles. The van der Waals surface area contributed by atoms with Gasteiger partial charge in [0.25, 0.3) is 0 Å². The van der Waals surface area contributed by atoms with E-state index in [1.165, 1.54) is 13.0 Å². The lowest BCUT2D eigenvalue weighted by atomic mass is 9.86. The van der Waals surface area contributed by atoms with Gasteiger partial charge in [0, 0.05) is 24.3 Å². The molecule has 0 spiro atoms. The van der Waals surface area contributed by atoms with Crippen LogP contribution in [0.15, 0.2) is 27.6 Å². The fraction of sp³-hybridized carbons (Fsp3) is 0.500. The Labute approximate surface area is 141 Å². The zero-order chi connectivity index (χ0) is 18.5. The zero-order valence-corrected chi connectivity index (χ0v) is 14.8. The molecule has 1 aromatic rings. The minimum atomic E-state index is -0.814. The van der Waals surface area contributed by atoms with Crippen molar-refractivity contribution in [2.75, 3.05) is 0 Å². The van der Waals surface area contributed by atoms with Crippen molar-refractivity contribution >= 4 is 11.7 Å². The van der Waals surface area contributed by atoms with Gasteiger partial charge in [-0.05, 0) is 19.0 Å². The predicted octanol–water partition coefficient (Wildman–Crippen LogP) is 3.11. The van der Waals surface area contributed by atoms with Crippen molar-refractivity contribution < 1.29 is 19.1 Å². The Balaban J connectivity index is 2.88. The summed E-state index contributed by atoms with van der Waals surface area (Å²) in [6.07, 6.45) is 4.68. The van der Waals surface area contributed by atoms with Crippen molar-refractivity contribution in [1.29, 1.82) is 0 Å². The summed E-state index contributed by atoms with van der Waals surface area (Å²) < 4.78 is 5.23. The minimum absolute atomic E-state index is 0.121. The van der Waals surface area contributed by atoms with Crippen molar-refractivity contribution in [3.63, 3.8) is 0 Å². The molecule has 1 aromatic heterocycles. The molecular weight excluding hydrogens is 310 g/mol. The van der Waals surface area contributed by atoms with Crippen LogP contribution in [0.4, 0.5) is 0 Å². The van der Waals surface area contributed by atoms with Gasteiger partial charge < -0.3 is 14.8 Å². The fourth-order valence-corrected chi connectivity index (χ4v) is 2.07. The molecule has 1 atom stereocenters. The highest BCUT2D eigenvalue weighted by Crippen LogP contribution is 2.28. The van der Waals surface area contributed by atoms with Crippen LogP contribution in [-0.4, -0.2) is 16.8 Å². The molecule has 0 saturated heterocycles. The van der Waals surface area contributed by atoms with Crippen LogP contribution in [0, 0.1) is 5.41 Å². The molecule has 0 aromatic carbocycles. The van der Waals surface area contributed by atoms with Gasteiger partial charge in [0.2, 0.25) is 5.91 Å². The Kier molecular flexibility index (Phi) is 6.51. The summed E-state index contributed by atoms with van der Waals surface area (Å²) in [7, 11) is 0. The van der Waals surface area contributed by atoms with E-state index in [4.69, 9.17) is 4.42 Å². The lowest BCUT2D eigenvalue weighted by Crippen LogP contribution is -2.26. The Morgan fingerprint density at radius 1 is 1.38 bits per heavy atom. The van der Waals surface area contributed by atoms with Gasteiger partial charge in [-0.3, -0.25) is 9.59 Å². The Bertz CT molecular complexity index is 694. The second-order valence-corrected chi connectivity index (χ2v) is 6.86. The van der Waals surface area contributed by atoms with Gasteiger partial charge in [-0.15, -0.1) is 0 Å². The quantitative estimate of drug-likeness (QED) is 0.779. The molecule has 1 rings (SSSR count). The minimum Gasteiger partial charge on any atom is -0.507 e. The summed E-state index contributed by atoms with van der Waals surface area (Å²) in [5, 5.41) is 12.6. The SMILES string of the molecule is CC(=O)N/C=C/CCC(C)c1cc(O)c(C(=O)C(C)(C)C)c(=O)o1. The molecule has 1 amide bonds. The summed E-state index contributed by atoms with van der Waals surface area (Å²) in [5.74, 6) is -0.734. The van der Waals surface area contributed by atoms with Crippen molar-refractivity contribution in [3.8, 4) is 5.75 Å². The first-order valence-electron chi connectivity index (χ1n) is 7.88. The Morgan fingerprint density at radius 3 is 2.50 bits per heavy atom. The maximum atomic E-state index is 12.2. The summed E-state index contributed by atoms with van der Waals surface area (Å²) in [5.41, 5.74) is -1.90. The van der Waals surface area contributed by atoms with Crippen molar-refractivity contribution in [3.05, 3.63) is 40.1 Å². The first-order valence-corrected chi connectivity index (χ1v) is 7.88. The molecule has 0 bridgehead atoms. The van der Waals surface area contributed by atoms with E-state index in [1.54, 1.807) is 33.0 Å². The third-order valence-corrected chi connectivity index (χ3v) is 3.51. The molecule has 0 aliphatic carbocycles. The number of aromatic hydroxyl groups is 1.